The van der Waals surface area contributed by atoms with Gasteiger partial charge >= 0.3 is 0 Å². The van der Waals surface area contributed by atoms with Crippen LogP contribution in [0, 0.1) is 11.8 Å². The minimum Gasteiger partial charge on any atom is -0.0844 e. The summed E-state index contributed by atoms with van der Waals surface area (Å²) in [5.74, 6) is 1.27. The fraction of sp³-hybridized carbons (Fsp3) is 0.364. The van der Waals surface area contributed by atoms with Crippen LogP contribution in [-0.4, -0.2) is 25.7 Å². The standard InChI is InChI=1S/C44H52Cl4Si3/c1-9-27-19-35-31(29-21-39(45)43(40(46)22-29)50(3,4)5)15-11-13-17-33(35)37(27)25-49-26-38-28(10-2)20-36-32(16-12-14-18-34(36)38)30-23-41(47)44(42(48)24-30)51(6,7)8/h11-24,31-32,37-38H,9-10,25-26,49H2,1-8H3. The van der Waals surface area contributed by atoms with Crippen LogP contribution >= 0.6 is 46.4 Å². The first-order valence-corrected chi connectivity index (χ1v) is 29.2. The Balaban J connectivity index is 1.26. The van der Waals surface area contributed by atoms with Crippen molar-refractivity contribution in [3.63, 3.8) is 0 Å². The van der Waals surface area contributed by atoms with Gasteiger partial charge in [0.05, 0.1) is 16.1 Å². The topological polar surface area (TPSA) is 0 Å². The van der Waals surface area contributed by atoms with Gasteiger partial charge in [-0.15, -0.1) is 0 Å². The van der Waals surface area contributed by atoms with Crippen LogP contribution in [0.2, 0.25) is 71.5 Å². The molecule has 2 aromatic carbocycles. The minimum absolute atomic E-state index is 0.147. The van der Waals surface area contributed by atoms with Gasteiger partial charge in [0.15, 0.2) is 0 Å². The number of allylic oxidation sites excluding steroid dienone is 16. The van der Waals surface area contributed by atoms with Gasteiger partial charge in [0.1, 0.15) is 0 Å². The van der Waals surface area contributed by atoms with Crippen molar-refractivity contribution in [3.8, 4) is 0 Å². The van der Waals surface area contributed by atoms with Gasteiger partial charge in [-0.1, -0.05) is 184 Å². The van der Waals surface area contributed by atoms with E-state index in [-0.39, 0.29) is 11.8 Å². The predicted octanol–water partition coefficient (Wildman–Crippen LogP) is 13.0. The van der Waals surface area contributed by atoms with Crippen LogP contribution in [0.25, 0.3) is 0 Å². The molecule has 0 aliphatic heterocycles. The van der Waals surface area contributed by atoms with E-state index >= 15 is 0 Å². The van der Waals surface area contributed by atoms with Crippen LogP contribution in [-0.2, 0) is 0 Å². The van der Waals surface area contributed by atoms with Crippen LogP contribution in [0.1, 0.15) is 49.7 Å². The van der Waals surface area contributed by atoms with E-state index in [9.17, 15) is 0 Å². The van der Waals surface area contributed by atoms with Crippen LogP contribution in [0.5, 0.6) is 0 Å². The molecule has 51 heavy (non-hydrogen) atoms. The van der Waals surface area contributed by atoms with Crippen LogP contribution in [0.15, 0.2) is 118 Å². The van der Waals surface area contributed by atoms with E-state index in [1.807, 2.05) is 0 Å². The van der Waals surface area contributed by atoms with Crippen molar-refractivity contribution in [2.45, 2.75) is 89.9 Å². The molecule has 0 saturated heterocycles. The van der Waals surface area contributed by atoms with Crippen molar-refractivity contribution >= 4 is 82.4 Å². The Morgan fingerprint density at radius 2 is 0.882 bits per heavy atom. The lowest BCUT2D eigenvalue weighted by Crippen LogP contribution is -2.39. The normalized spacial score (nSPS) is 23.3. The summed E-state index contributed by atoms with van der Waals surface area (Å²) >= 11 is 27.8. The lowest BCUT2D eigenvalue weighted by atomic mass is 9.88. The summed E-state index contributed by atoms with van der Waals surface area (Å²) in [6.45, 7) is 18.5. The molecular formula is C44H52Cl4Si3. The summed E-state index contributed by atoms with van der Waals surface area (Å²) in [5, 5.41) is 5.57. The summed E-state index contributed by atoms with van der Waals surface area (Å²) in [5.41, 5.74) is 11.3. The SMILES string of the molecule is CCC1=CC2=C(C=CC=CC2c2cc(Cl)c([Si](C)(C)C)c(Cl)c2)C1C[SiH2]CC1C(CC)=CC2=C1C=CC=CC2c1cc(Cl)c([Si](C)(C)C)c(Cl)c1. The van der Waals surface area contributed by atoms with Gasteiger partial charge in [0.2, 0.25) is 0 Å². The van der Waals surface area contributed by atoms with E-state index in [4.69, 9.17) is 46.4 Å². The van der Waals surface area contributed by atoms with E-state index < -0.39 is 25.7 Å². The summed E-state index contributed by atoms with van der Waals surface area (Å²) in [6.07, 6.45) is 25.5. The van der Waals surface area contributed by atoms with Crippen LogP contribution in [0.3, 0.4) is 0 Å². The lowest BCUT2D eigenvalue weighted by Gasteiger charge is -2.24. The molecule has 0 bridgehead atoms. The van der Waals surface area contributed by atoms with Crippen molar-refractivity contribution in [2.24, 2.45) is 11.8 Å². The molecule has 0 N–H and O–H groups in total. The zero-order chi connectivity index (χ0) is 36.8. The Hall–Kier alpha value is -1.83. The predicted molar refractivity (Wildman–Crippen MR) is 237 cm³/mol. The fourth-order valence-corrected chi connectivity index (χ4v) is 18.9. The molecule has 4 unspecified atom stereocenters. The Bertz CT molecular complexity index is 1790. The molecule has 0 saturated carbocycles. The fourth-order valence-electron chi connectivity index (χ4n) is 8.87. The minimum atomic E-state index is -1.68. The van der Waals surface area contributed by atoms with Crippen LogP contribution in [0.4, 0.5) is 0 Å². The first-order valence-electron chi connectivity index (χ1n) is 18.7. The van der Waals surface area contributed by atoms with Gasteiger partial charge in [-0.25, -0.2) is 0 Å². The average molecular weight is 807 g/mol. The third-order valence-electron chi connectivity index (χ3n) is 11.2. The molecular weight excluding hydrogens is 755 g/mol. The van der Waals surface area contributed by atoms with Gasteiger partial charge in [-0.2, -0.15) is 0 Å². The zero-order valence-corrected chi connectivity index (χ0v) is 37.9. The van der Waals surface area contributed by atoms with E-state index in [1.54, 1.807) is 11.1 Å². The first kappa shape index (κ1) is 38.9. The van der Waals surface area contributed by atoms with Crippen molar-refractivity contribution in [1.29, 1.82) is 0 Å². The summed E-state index contributed by atoms with van der Waals surface area (Å²) < 4.78 is 0. The second-order valence-electron chi connectivity index (χ2n) is 16.7. The maximum absolute atomic E-state index is 6.96. The van der Waals surface area contributed by atoms with Crippen molar-refractivity contribution < 1.29 is 0 Å². The average Bonchev–Trinajstić information content (AvgIpc) is 3.36. The molecule has 0 heterocycles. The van der Waals surface area contributed by atoms with Gasteiger partial charge < -0.3 is 0 Å². The van der Waals surface area contributed by atoms with Gasteiger partial charge in [0.25, 0.3) is 0 Å². The maximum atomic E-state index is 6.96. The van der Waals surface area contributed by atoms with E-state index in [1.165, 1.54) is 45.5 Å². The highest BCUT2D eigenvalue weighted by Crippen LogP contribution is 2.48. The number of halogens is 4. The zero-order valence-electron chi connectivity index (χ0n) is 31.4. The van der Waals surface area contributed by atoms with E-state index in [0.29, 0.717) is 11.8 Å². The second-order valence-corrected chi connectivity index (χ2v) is 30.2. The molecule has 0 amide bonds. The third-order valence-corrected chi connectivity index (χ3v) is 19.1. The van der Waals surface area contributed by atoms with Crippen LogP contribution < -0.4 is 10.4 Å². The largest absolute Gasteiger partial charge is 0.0844 e. The summed E-state index contributed by atoms with van der Waals surface area (Å²) in [6, 6.07) is 11.3. The molecule has 2 aromatic rings. The highest BCUT2D eigenvalue weighted by Gasteiger charge is 2.34. The van der Waals surface area contributed by atoms with Gasteiger partial charge in [-0.05, 0) is 80.9 Å². The van der Waals surface area contributed by atoms with E-state index in [2.05, 4.69) is 138 Å². The molecule has 0 spiro atoms. The highest BCUT2D eigenvalue weighted by atomic mass is 35.5. The Morgan fingerprint density at radius 3 is 1.20 bits per heavy atom. The van der Waals surface area contributed by atoms with E-state index in [0.717, 1.165) is 43.3 Å². The molecule has 0 nitrogen and oxygen atoms in total. The summed E-state index contributed by atoms with van der Waals surface area (Å²) in [4.78, 5) is 0. The Morgan fingerprint density at radius 1 is 0.529 bits per heavy atom. The molecule has 0 aromatic heterocycles. The number of benzene rings is 2. The molecule has 4 atom stereocenters. The maximum Gasteiger partial charge on any atom is 0.0815 e. The second kappa shape index (κ2) is 15.5. The number of rotatable bonds is 10. The molecule has 6 rings (SSSR count). The van der Waals surface area contributed by atoms with Crippen molar-refractivity contribution in [1.82, 2.24) is 0 Å². The molecule has 4 aliphatic carbocycles. The van der Waals surface area contributed by atoms with Gasteiger partial charge in [-0.3, -0.25) is 0 Å². The summed E-state index contributed by atoms with van der Waals surface area (Å²) in [7, 11) is -3.77. The number of hydrogen-bond acceptors (Lipinski definition) is 0. The molecule has 4 aliphatic rings. The smallest absolute Gasteiger partial charge is 0.0815 e. The monoisotopic (exact) mass is 804 g/mol. The first-order chi connectivity index (χ1) is 24.1. The van der Waals surface area contributed by atoms with Gasteiger partial charge in [0, 0.05) is 53.3 Å². The molecule has 0 fully saturated rings. The highest BCUT2D eigenvalue weighted by molar-refractivity contribution is 6.92. The Kier molecular flexibility index (Phi) is 11.8. The quantitative estimate of drug-likeness (QED) is 0.210. The molecule has 268 valence electrons. The Labute approximate surface area is 331 Å². The number of hydrogen-bond donors (Lipinski definition) is 0. The molecule has 0 radical (unpaired) electrons. The third kappa shape index (κ3) is 7.88. The molecule has 7 heteroatoms. The lowest BCUT2D eigenvalue weighted by molar-refractivity contribution is 0.759. The van der Waals surface area contributed by atoms with Crippen molar-refractivity contribution in [2.75, 3.05) is 0 Å². The van der Waals surface area contributed by atoms with Crippen molar-refractivity contribution in [3.05, 3.63) is 150 Å².